The minimum atomic E-state index is -0.874. The second-order valence-corrected chi connectivity index (χ2v) is 8.72. The second kappa shape index (κ2) is 9.09. The quantitative estimate of drug-likeness (QED) is 0.623. The maximum atomic E-state index is 12.3. The molecule has 0 aliphatic carbocycles. The van der Waals surface area contributed by atoms with Crippen molar-refractivity contribution in [1.29, 1.82) is 0 Å². The maximum Gasteiger partial charge on any atom is 0.345 e. The normalized spacial score (nSPS) is 16.9. The van der Waals surface area contributed by atoms with Gasteiger partial charge in [0, 0.05) is 23.9 Å². The Morgan fingerprint density at radius 1 is 1.19 bits per heavy atom. The molecule has 1 atom stereocenters. The number of rotatable bonds is 8. The van der Waals surface area contributed by atoms with Gasteiger partial charge in [0.2, 0.25) is 5.91 Å². The molecule has 0 unspecified atom stereocenters. The highest BCUT2D eigenvalue weighted by molar-refractivity contribution is 7.13. The third-order valence-corrected chi connectivity index (χ3v) is 6.78. The zero-order valence-corrected chi connectivity index (χ0v) is 17.1. The Balaban J connectivity index is 1.51. The molecule has 1 fully saturated rings. The van der Waals surface area contributed by atoms with E-state index in [1.165, 1.54) is 11.3 Å². The van der Waals surface area contributed by atoms with Crippen LogP contribution in [0.25, 0.3) is 0 Å². The van der Waals surface area contributed by atoms with E-state index in [9.17, 15) is 9.59 Å². The molecule has 2 aromatic rings. The molecule has 27 heavy (non-hydrogen) atoms. The molecule has 1 aromatic carbocycles. The van der Waals surface area contributed by atoms with Crippen LogP contribution in [0.5, 0.6) is 0 Å². The lowest BCUT2D eigenvalue weighted by atomic mass is 10.1. The Morgan fingerprint density at radius 3 is 2.70 bits per heavy atom. The smallest absolute Gasteiger partial charge is 0.345 e. The fourth-order valence-electron chi connectivity index (χ4n) is 3.48. The van der Waals surface area contributed by atoms with Crippen molar-refractivity contribution in [2.75, 3.05) is 6.54 Å². The summed E-state index contributed by atoms with van der Waals surface area (Å²) in [5.41, 5.74) is 1.07. The molecular formula is C20H21Cl2NO3S. The molecule has 0 saturated carbocycles. The minimum Gasteiger partial charge on any atom is -0.477 e. The summed E-state index contributed by atoms with van der Waals surface area (Å²) >= 11 is 13.4. The fourth-order valence-corrected chi connectivity index (χ4v) is 4.69. The molecule has 1 amide bonds. The van der Waals surface area contributed by atoms with Crippen LogP contribution >= 0.6 is 34.5 Å². The number of likely N-dealkylation sites (tertiary alicyclic amines) is 1. The number of hydrogen-bond acceptors (Lipinski definition) is 3. The van der Waals surface area contributed by atoms with E-state index in [2.05, 4.69) is 0 Å². The van der Waals surface area contributed by atoms with E-state index in [1.807, 2.05) is 23.1 Å². The van der Waals surface area contributed by atoms with Gasteiger partial charge in [-0.3, -0.25) is 4.79 Å². The average Bonchev–Trinajstić information content (AvgIpc) is 3.24. The van der Waals surface area contributed by atoms with E-state index in [1.54, 1.807) is 12.1 Å². The molecule has 7 heteroatoms. The molecule has 1 aromatic heterocycles. The van der Waals surface area contributed by atoms with Gasteiger partial charge in [-0.25, -0.2) is 4.79 Å². The molecule has 0 radical (unpaired) electrons. The zero-order chi connectivity index (χ0) is 19.4. The van der Waals surface area contributed by atoms with Crippen molar-refractivity contribution in [1.82, 2.24) is 4.90 Å². The van der Waals surface area contributed by atoms with E-state index in [0.29, 0.717) is 27.9 Å². The van der Waals surface area contributed by atoms with Crippen LogP contribution in [0.2, 0.25) is 10.0 Å². The third-order valence-electron chi connectivity index (χ3n) is 4.91. The van der Waals surface area contributed by atoms with Crippen molar-refractivity contribution in [3.8, 4) is 0 Å². The lowest BCUT2D eigenvalue weighted by Crippen LogP contribution is -2.34. The van der Waals surface area contributed by atoms with Crippen molar-refractivity contribution in [3.05, 3.63) is 55.7 Å². The van der Waals surface area contributed by atoms with Crippen LogP contribution in [0.1, 0.15) is 45.8 Å². The number of carbonyl (C=O) groups excluding carboxylic acids is 1. The standard InChI is InChI=1S/C20H21Cl2NO3S/c21-16-7-4-13(12-17(16)22)10-11-23-14(5-9-19(23)24)2-1-3-15-6-8-18(27-15)20(25)26/h4,6-8,12,14H,1-3,5,9-11H2,(H,25,26)/t14-/m0/s1. The maximum absolute atomic E-state index is 12.3. The predicted molar refractivity (Wildman–Crippen MR) is 109 cm³/mol. The zero-order valence-electron chi connectivity index (χ0n) is 14.8. The van der Waals surface area contributed by atoms with Crippen molar-refractivity contribution < 1.29 is 14.7 Å². The van der Waals surface area contributed by atoms with Crippen molar-refractivity contribution in [3.63, 3.8) is 0 Å². The Kier molecular flexibility index (Phi) is 6.79. The van der Waals surface area contributed by atoms with E-state index >= 15 is 0 Å². The number of hydrogen-bond donors (Lipinski definition) is 1. The summed E-state index contributed by atoms with van der Waals surface area (Å²) in [5, 5.41) is 10.1. The lowest BCUT2D eigenvalue weighted by molar-refractivity contribution is -0.129. The van der Waals surface area contributed by atoms with Gasteiger partial charge in [0.1, 0.15) is 4.88 Å². The van der Waals surface area contributed by atoms with Crippen molar-refractivity contribution in [2.24, 2.45) is 0 Å². The van der Waals surface area contributed by atoms with Crippen LogP contribution in [-0.2, 0) is 17.6 Å². The van der Waals surface area contributed by atoms with Crippen LogP contribution in [-0.4, -0.2) is 34.5 Å². The summed E-state index contributed by atoms with van der Waals surface area (Å²) < 4.78 is 0. The van der Waals surface area contributed by atoms with E-state index in [0.717, 1.165) is 42.5 Å². The number of halogens is 2. The summed E-state index contributed by atoms with van der Waals surface area (Å²) in [5.74, 6) is -0.662. The molecule has 2 heterocycles. The Morgan fingerprint density at radius 2 is 2.00 bits per heavy atom. The first-order chi connectivity index (χ1) is 12.9. The molecule has 1 N–H and O–H groups in total. The second-order valence-electron chi connectivity index (χ2n) is 6.74. The summed E-state index contributed by atoms with van der Waals surface area (Å²) in [6, 6.07) is 9.39. The van der Waals surface area contributed by atoms with Crippen LogP contribution in [0, 0.1) is 0 Å². The van der Waals surface area contributed by atoms with E-state index in [4.69, 9.17) is 28.3 Å². The average molecular weight is 426 g/mol. The van der Waals surface area contributed by atoms with Gasteiger partial charge in [-0.1, -0.05) is 29.3 Å². The number of aromatic carboxylic acids is 1. The summed E-state index contributed by atoms with van der Waals surface area (Å²) in [6.07, 6.45) is 4.99. The van der Waals surface area contributed by atoms with Gasteiger partial charge in [-0.2, -0.15) is 0 Å². The van der Waals surface area contributed by atoms with Gasteiger partial charge >= 0.3 is 5.97 Å². The highest BCUT2D eigenvalue weighted by atomic mass is 35.5. The Labute approximate surface area is 172 Å². The molecular weight excluding hydrogens is 405 g/mol. The van der Waals surface area contributed by atoms with Gasteiger partial charge in [0.15, 0.2) is 0 Å². The number of nitrogens with zero attached hydrogens (tertiary/aromatic N) is 1. The number of carboxylic acid groups (broad SMARTS) is 1. The summed E-state index contributed by atoms with van der Waals surface area (Å²) in [4.78, 5) is 26.7. The van der Waals surface area contributed by atoms with Gasteiger partial charge < -0.3 is 10.0 Å². The number of benzene rings is 1. The first kappa shape index (κ1) is 20.2. The number of aryl methyl sites for hydroxylation is 1. The van der Waals surface area contributed by atoms with Crippen LogP contribution in [0.15, 0.2) is 30.3 Å². The van der Waals surface area contributed by atoms with Crippen LogP contribution in [0.4, 0.5) is 0 Å². The third kappa shape index (κ3) is 5.24. The Hall–Kier alpha value is -1.56. The molecule has 144 valence electrons. The lowest BCUT2D eigenvalue weighted by Gasteiger charge is -2.25. The Bertz CT molecular complexity index is 836. The summed E-state index contributed by atoms with van der Waals surface area (Å²) in [6.45, 7) is 0.684. The van der Waals surface area contributed by atoms with E-state index < -0.39 is 5.97 Å². The fraction of sp³-hybridized carbons (Fsp3) is 0.400. The van der Waals surface area contributed by atoms with E-state index in [-0.39, 0.29) is 11.9 Å². The molecule has 4 nitrogen and oxygen atoms in total. The molecule has 1 aliphatic heterocycles. The van der Waals surface area contributed by atoms with Crippen LogP contribution in [0.3, 0.4) is 0 Å². The van der Waals surface area contributed by atoms with Crippen molar-refractivity contribution in [2.45, 2.75) is 44.6 Å². The molecule has 0 bridgehead atoms. The molecule has 1 aliphatic rings. The number of carbonyl (C=O) groups is 2. The first-order valence-corrected chi connectivity index (χ1v) is 10.6. The highest BCUT2D eigenvalue weighted by Gasteiger charge is 2.30. The van der Waals surface area contributed by atoms with Gasteiger partial charge in [-0.05, 0) is 61.9 Å². The topological polar surface area (TPSA) is 57.6 Å². The number of amides is 1. The van der Waals surface area contributed by atoms with Crippen molar-refractivity contribution >= 4 is 46.4 Å². The molecule has 1 saturated heterocycles. The van der Waals surface area contributed by atoms with Gasteiger partial charge in [0.05, 0.1) is 10.0 Å². The van der Waals surface area contributed by atoms with Crippen LogP contribution < -0.4 is 0 Å². The highest BCUT2D eigenvalue weighted by Crippen LogP contribution is 2.27. The number of carboxylic acids is 1. The number of thiophene rings is 1. The first-order valence-electron chi connectivity index (χ1n) is 8.99. The monoisotopic (exact) mass is 425 g/mol. The summed E-state index contributed by atoms with van der Waals surface area (Å²) in [7, 11) is 0. The molecule has 3 rings (SSSR count). The van der Waals surface area contributed by atoms with Gasteiger partial charge in [-0.15, -0.1) is 11.3 Å². The largest absolute Gasteiger partial charge is 0.477 e. The minimum absolute atomic E-state index is 0.212. The molecule has 0 spiro atoms. The predicted octanol–water partition coefficient (Wildman–Crippen LogP) is 5.31. The SMILES string of the molecule is O=C(O)c1ccc(CCC[C@H]2CCC(=O)N2CCc2ccc(Cl)c(Cl)c2)s1. The van der Waals surface area contributed by atoms with Gasteiger partial charge in [0.25, 0.3) is 0 Å².